The van der Waals surface area contributed by atoms with Gasteiger partial charge in [0, 0.05) is 54.1 Å². The maximum absolute atomic E-state index is 5.24. The Hall–Kier alpha value is -2.64. The van der Waals surface area contributed by atoms with E-state index in [1.54, 1.807) is 0 Å². The van der Waals surface area contributed by atoms with Crippen molar-refractivity contribution in [2.24, 2.45) is 0 Å². The molecule has 0 saturated heterocycles. The molecule has 4 aromatic rings. The van der Waals surface area contributed by atoms with Crippen molar-refractivity contribution in [1.82, 2.24) is 15.0 Å². The second-order valence-corrected chi connectivity index (χ2v) is 12.2. The Morgan fingerprint density at radius 2 is 0.649 bits per heavy atom. The number of hydrogen-bond donors (Lipinski definition) is 0. The maximum atomic E-state index is 5.24. The molecule has 5 rings (SSSR count). The molecular weight excluding hydrogens is 633 g/mol. The van der Waals surface area contributed by atoms with Crippen LogP contribution in [0.5, 0.6) is 0 Å². The summed E-state index contributed by atoms with van der Waals surface area (Å²) in [4.78, 5) is 15.7. The molecule has 0 amide bonds. The van der Waals surface area contributed by atoms with E-state index >= 15 is 0 Å². The summed E-state index contributed by atoms with van der Waals surface area (Å²) in [6, 6.07) is 29.4. The number of hydrogen-bond acceptors (Lipinski definition) is 3. The van der Waals surface area contributed by atoms with E-state index in [1.165, 1.54) is 0 Å². The van der Waals surface area contributed by atoms with Crippen molar-refractivity contribution in [2.45, 2.75) is 77.0 Å². The van der Waals surface area contributed by atoms with E-state index < -0.39 is 0 Å². The Kier molecular flexibility index (Phi) is 6.87. The number of aromatic nitrogens is 3. The molecule has 0 N–H and O–H groups in total. The molecule has 4 heterocycles. The van der Waals surface area contributed by atoms with E-state index in [1.807, 2.05) is 0 Å². The predicted molar refractivity (Wildman–Crippen MR) is 147 cm³/mol. The third-order valence-corrected chi connectivity index (χ3v) is 8.23. The number of rotatable bonds is 0. The molecule has 0 radical (unpaired) electrons. The summed E-state index contributed by atoms with van der Waals surface area (Å²) in [6.07, 6.45) is 0. The van der Waals surface area contributed by atoms with Crippen LogP contribution in [0.4, 0.5) is 0 Å². The van der Waals surface area contributed by atoms with E-state index in [4.69, 9.17) is 15.0 Å². The Bertz CT molecular complexity index is 1140. The average Bonchev–Trinajstić information content (AvgIpc) is 2.88. The van der Waals surface area contributed by atoms with Crippen LogP contribution < -0.4 is 0 Å². The van der Waals surface area contributed by atoms with E-state index in [0.29, 0.717) is 0 Å². The molecule has 1 aliphatic rings. The molecular formula is C33H36N3Pt-. The fourth-order valence-corrected chi connectivity index (χ4v) is 5.13. The fourth-order valence-electron chi connectivity index (χ4n) is 5.13. The summed E-state index contributed by atoms with van der Waals surface area (Å²) >= 11 is 0. The van der Waals surface area contributed by atoms with Crippen molar-refractivity contribution in [3.8, 4) is 0 Å². The summed E-state index contributed by atoms with van der Waals surface area (Å²) in [6.45, 7) is 17.8. The van der Waals surface area contributed by atoms with Crippen LogP contribution in [0.25, 0.3) is 0 Å². The van der Waals surface area contributed by atoms with Gasteiger partial charge in [0.15, 0.2) is 0 Å². The molecule has 3 aromatic heterocycles. The Morgan fingerprint density at radius 1 is 0.405 bits per heavy atom. The molecule has 1 aliphatic heterocycles. The van der Waals surface area contributed by atoms with Crippen molar-refractivity contribution in [3.63, 3.8) is 0 Å². The predicted octanol–water partition coefficient (Wildman–Crippen LogP) is 7.29. The summed E-state index contributed by atoms with van der Waals surface area (Å²) in [5, 5.41) is 0. The number of pyridine rings is 3. The standard InChI is InChI=1S/C33H36N3.Pt/c1-30(2)22-13-9-14-23(21-22)31(3,4)25-16-11-18-27(35-25)33(7,8)29-20-12-19-28(36-29)32(5,6)26-17-10-15-24(30)34-26;/h9-20H,1-8H3;/q-1;. The molecule has 0 aliphatic carbocycles. The largest absolute Gasteiger partial charge is 0.256 e. The van der Waals surface area contributed by atoms with Crippen LogP contribution in [0.2, 0.25) is 0 Å². The van der Waals surface area contributed by atoms with Crippen LogP contribution in [0.3, 0.4) is 0 Å². The van der Waals surface area contributed by atoms with Gasteiger partial charge >= 0.3 is 0 Å². The van der Waals surface area contributed by atoms with Gasteiger partial charge in [-0.25, -0.2) is 0 Å². The summed E-state index contributed by atoms with van der Waals surface area (Å²) in [7, 11) is 0. The van der Waals surface area contributed by atoms with E-state index in [2.05, 4.69) is 134 Å². The van der Waals surface area contributed by atoms with Crippen LogP contribution in [0.15, 0.2) is 72.8 Å². The van der Waals surface area contributed by atoms with E-state index in [0.717, 1.165) is 45.3 Å². The van der Waals surface area contributed by atoms with Gasteiger partial charge in [0.2, 0.25) is 0 Å². The van der Waals surface area contributed by atoms with Gasteiger partial charge in [0.25, 0.3) is 0 Å². The number of fused-ring (bicyclic) bond motifs is 8. The third kappa shape index (κ3) is 4.50. The monoisotopic (exact) mass is 669 g/mol. The van der Waals surface area contributed by atoms with Crippen LogP contribution in [0, 0.1) is 6.07 Å². The second kappa shape index (κ2) is 9.28. The zero-order chi connectivity index (χ0) is 25.9. The van der Waals surface area contributed by atoms with Gasteiger partial charge in [0.05, 0.1) is 22.8 Å². The fraction of sp³-hybridized carbons (Fsp3) is 0.364. The molecule has 0 saturated carbocycles. The van der Waals surface area contributed by atoms with Crippen LogP contribution in [-0.4, -0.2) is 15.0 Å². The molecule has 3 nitrogen and oxygen atoms in total. The molecule has 194 valence electrons. The van der Waals surface area contributed by atoms with Gasteiger partial charge < -0.3 is 0 Å². The number of benzene rings is 1. The van der Waals surface area contributed by atoms with Crippen molar-refractivity contribution < 1.29 is 21.1 Å². The average molecular weight is 670 g/mol. The first-order chi connectivity index (χ1) is 16.8. The van der Waals surface area contributed by atoms with Gasteiger partial charge in [-0.05, 0) is 64.1 Å². The normalized spacial score (nSPS) is 18.4. The topological polar surface area (TPSA) is 38.7 Å². The number of nitrogens with zero attached hydrogens (tertiary/aromatic N) is 3. The molecule has 1 aromatic carbocycles. The minimum absolute atomic E-state index is 0. The second-order valence-electron chi connectivity index (χ2n) is 12.2. The molecule has 0 unspecified atom stereocenters. The third-order valence-electron chi connectivity index (χ3n) is 8.23. The van der Waals surface area contributed by atoms with Gasteiger partial charge in [0.1, 0.15) is 0 Å². The summed E-state index contributed by atoms with van der Waals surface area (Å²) < 4.78 is 0. The molecule has 0 atom stereocenters. The van der Waals surface area contributed by atoms with Crippen LogP contribution in [0.1, 0.15) is 101 Å². The molecule has 0 fully saturated rings. The van der Waals surface area contributed by atoms with Crippen molar-refractivity contribution in [3.05, 3.63) is 124 Å². The molecule has 8 bridgehead atoms. The smallest absolute Gasteiger partial charge is 0.0523 e. The maximum Gasteiger partial charge on any atom is 0.0523 e. The SMILES string of the molecule is CC1(C)c2[c-]c(ccc2)C(C)(C)c2cccc(n2)C(C)(C)c2cccc(n2)C(C)(C)c2cccc1n2.[Pt]. The minimum Gasteiger partial charge on any atom is -0.256 e. The molecule has 4 heteroatoms. The van der Waals surface area contributed by atoms with Crippen molar-refractivity contribution >= 4 is 0 Å². The molecule has 0 spiro atoms. The quantitative estimate of drug-likeness (QED) is 0.185. The Balaban J connectivity index is 0.00000320. The Morgan fingerprint density at radius 3 is 0.946 bits per heavy atom. The van der Waals surface area contributed by atoms with Crippen LogP contribution in [-0.2, 0) is 42.7 Å². The van der Waals surface area contributed by atoms with Gasteiger partial charge in [-0.15, -0.1) is 0 Å². The first-order valence-corrected chi connectivity index (χ1v) is 12.8. The van der Waals surface area contributed by atoms with Crippen molar-refractivity contribution in [1.29, 1.82) is 0 Å². The van der Waals surface area contributed by atoms with Crippen molar-refractivity contribution in [2.75, 3.05) is 0 Å². The molecule has 37 heavy (non-hydrogen) atoms. The van der Waals surface area contributed by atoms with Gasteiger partial charge in [-0.2, -0.15) is 35.4 Å². The summed E-state index contributed by atoms with van der Waals surface area (Å²) in [5.41, 5.74) is 6.99. The van der Waals surface area contributed by atoms with E-state index in [-0.39, 0.29) is 42.7 Å². The zero-order valence-corrected chi connectivity index (χ0v) is 25.4. The van der Waals surface area contributed by atoms with Gasteiger partial charge in [-0.3, -0.25) is 15.0 Å². The van der Waals surface area contributed by atoms with Crippen LogP contribution >= 0.6 is 0 Å². The van der Waals surface area contributed by atoms with Gasteiger partial charge in [-0.1, -0.05) is 45.9 Å². The first kappa shape index (κ1) is 27.4. The summed E-state index contributed by atoms with van der Waals surface area (Å²) in [5.74, 6) is 0. The van der Waals surface area contributed by atoms with E-state index in [9.17, 15) is 0 Å². The first-order valence-electron chi connectivity index (χ1n) is 12.8. The minimum atomic E-state index is -0.363. The zero-order valence-electron chi connectivity index (χ0n) is 23.1. The Labute approximate surface area is 236 Å².